The maximum Gasteiger partial charge on any atom is 0.244 e. The van der Waals surface area contributed by atoms with Crippen molar-refractivity contribution in [3.8, 4) is 11.5 Å². The maximum absolute atomic E-state index is 14.0. The van der Waals surface area contributed by atoms with E-state index in [1.165, 1.54) is 24.1 Å². The number of carbonyl (C=O) groups is 2. The zero-order chi connectivity index (χ0) is 28.9. The summed E-state index contributed by atoms with van der Waals surface area (Å²) in [6.07, 6.45) is 1.18. The number of rotatable bonds is 10. The minimum absolute atomic E-state index is 0.124. The van der Waals surface area contributed by atoms with Gasteiger partial charge in [0.15, 0.2) is 11.5 Å². The van der Waals surface area contributed by atoms with Gasteiger partial charge in [-0.3, -0.25) is 13.9 Å². The predicted molar refractivity (Wildman–Crippen MR) is 155 cm³/mol. The molecule has 3 aromatic carbocycles. The van der Waals surface area contributed by atoms with Gasteiger partial charge in [-0.1, -0.05) is 59.6 Å². The van der Waals surface area contributed by atoms with Crippen molar-refractivity contribution in [3.63, 3.8) is 0 Å². The van der Waals surface area contributed by atoms with E-state index >= 15 is 0 Å². The van der Waals surface area contributed by atoms with E-state index in [0.717, 1.165) is 16.1 Å². The number of ether oxygens (including phenoxy) is 2. The Bertz CT molecular complexity index is 1470. The molecule has 1 aliphatic heterocycles. The predicted octanol–water partition coefficient (Wildman–Crippen LogP) is 3.92. The number of anilines is 1. The molecule has 1 atom stereocenters. The molecule has 0 bridgehead atoms. The summed E-state index contributed by atoms with van der Waals surface area (Å²) in [5, 5.41) is 3.25. The molecule has 0 saturated carbocycles. The topological polar surface area (TPSA) is 105 Å². The molecule has 0 fully saturated rings. The second-order valence-electron chi connectivity index (χ2n) is 9.14. The van der Waals surface area contributed by atoms with Crippen molar-refractivity contribution in [3.05, 3.63) is 87.9 Å². The van der Waals surface area contributed by atoms with E-state index in [-0.39, 0.29) is 18.7 Å². The van der Waals surface area contributed by atoms with Gasteiger partial charge in [0.05, 0.1) is 11.9 Å². The Morgan fingerprint density at radius 2 is 1.60 bits per heavy atom. The number of carbonyl (C=O) groups excluding carboxylic acids is 2. The number of fused-ring (bicyclic) bond motifs is 1. The Hall–Kier alpha value is -3.47. The van der Waals surface area contributed by atoms with Gasteiger partial charge in [-0.25, -0.2) is 8.42 Å². The largest absolute Gasteiger partial charge is 0.486 e. The lowest BCUT2D eigenvalue weighted by atomic mass is 10.0. The molecule has 9 nitrogen and oxygen atoms in total. The summed E-state index contributed by atoms with van der Waals surface area (Å²) in [4.78, 5) is 28.6. The maximum atomic E-state index is 14.0. The normalized spacial score (nSPS) is 13.3. The molecule has 0 saturated heterocycles. The van der Waals surface area contributed by atoms with Gasteiger partial charge >= 0.3 is 0 Å². The number of benzene rings is 3. The first-order valence-electron chi connectivity index (χ1n) is 12.4. The number of amides is 2. The summed E-state index contributed by atoms with van der Waals surface area (Å²) in [6.45, 7) is -0.0136. The molecule has 1 N–H and O–H groups in total. The van der Waals surface area contributed by atoms with Crippen molar-refractivity contribution in [2.24, 2.45) is 0 Å². The number of nitrogens with zero attached hydrogens (tertiary/aromatic N) is 2. The van der Waals surface area contributed by atoms with E-state index in [4.69, 9.17) is 32.7 Å². The van der Waals surface area contributed by atoms with Gasteiger partial charge < -0.3 is 19.7 Å². The van der Waals surface area contributed by atoms with Crippen LogP contribution in [-0.4, -0.2) is 64.2 Å². The van der Waals surface area contributed by atoms with Crippen LogP contribution in [0.3, 0.4) is 0 Å². The summed E-state index contributed by atoms with van der Waals surface area (Å²) in [7, 11) is -2.46. The third kappa shape index (κ3) is 6.99. The standard InChI is InChI=1S/C28H29Cl2N3O6S/c1-31-28(35)24(15-19-7-4-3-5-8-19)32(17-21-22(29)9-6-10-23(21)30)27(34)18-33(40(2,36)37)20-11-12-25-26(16-20)39-14-13-38-25/h3-12,16,24H,13-15,17-18H2,1-2H3,(H,31,35)/t24-/m0/s1. The molecule has 0 spiro atoms. The number of sulfonamides is 1. The molecule has 0 radical (unpaired) electrons. The smallest absolute Gasteiger partial charge is 0.244 e. The van der Waals surface area contributed by atoms with Crippen LogP contribution in [0.4, 0.5) is 5.69 Å². The molecule has 40 heavy (non-hydrogen) atoms. The molecule has 1 heterocycles. The summed E-state index contributed by atoms with van der Waals surface area (Å²) in [5.41, 5.74) is 1.47. The fraction of sp³-hybridized carbons (Fsp3) is 0.286. The van der Waals surface area contributed by atoms with Gasteiger partial charge in [-0.15, -0.1) is 0 Å². The summed E-state index contributed by atoms with van der Waals surface area (Å²) in [5.74, 6) is -0.198. The zero-order valence-corrected chi connectivity index (χ0v) is 24.3. The van der Waals surface area contributed by atoms with Crippen molar-refractivity contribution in [2.45, 2.75) is 19.0 Å². The molecule has 2 amide bonds. The highest BCUT2D eigenvalue weighted by molar-refractivity contribution is 7.92. The van der Waals surface area contributed by atoms with Crippen LogP contribution in [0, 0.1) is 0 Å². The summed E-state index contributed by atoms with van der Waals surface area (Å²) >= 11 is 12.9. The molecular weight excluding hydrogens is 577 g/mol. The Kier molecular flexibility index (Phi) is 9.44. The van der Waals surface area contributed by atoms with E-state index in [9.17, 15) is 18.0 Å². The van der Waals surface area contributed by atoms with E-state index in [2.05, 4.69) is 5.32 Å². The Morgan fingerprint density at radius 3 is 2.23 bits per heavy atom. The van der Waals surface area contributed by atoms with Crippen LogP contribution < -0.4 is 19.1 Å². The lowest BCUT2D eigenvalue weighted by Gasteiger charge is -2.33. The molecule has 0 unspecified atom stereocenters. The van der Waals surface area contributed by atoms with Crippen molar-refractivity contribution in [1.82, 2.24) is 10.2 Å². The van der Waals surface area contributed by atoms with Crippen LogP contribution in [0.15, 0.2) is 66.7 Å². The van der Waals surface area contributed by atoms with Crippen molar-refractivity contribution < 1.29 is 27.5 Å². The number of halogens is 2. The highest BCUT2D eigenvalue weighted by atomic mass is 35.5. The fourth-order valence-electron chi connectivity index (χ4n) is 4.38. The van der Waals surface area contributed by atoms with E-state index in [1.54, 1.807) is 24.3 Å². The Balaban J connectivity index is 1.74. The van der Waals surface area contributed by atoms with Crippen LogP contribution in [0.1, 0.15) is 11.1 Å². The average molecular weight is 607 g/mol. The van der Waals surface area contributed by atoms with Crippen LogP contribution in [-0.2, 0) is 32.6 Å². The first-order valence-corrected chi connectivity index (χ1v) is 15.0. The summed E-state index contributed by atoms with van der Waals surface area (Å²) in [6, 6.07) is 17.8. The molecule has 212 valence electrons. The van der Waals surface area contributed by atoms with E-state index < -0.39 is 34.4 Å². The van der Waals surface area contributed by atoms with E-state index in [0.29, 0.717) is 40.3 Å². The second kappa shape index (κ2) is 12.8. The third-order valence-corrected chi connectivity index (χ3v) is 8.25. The van der Waals surface area contributed by atoms with Crippen molar-refractivity contribution in [1.29, 1.82) is 0 Å². The van der Waals surface area contributed by atoms with Gasteiger partial charge in [0.1, 0.15) is 25.8 Å². The molecule has 4 rings (SSSR count). The summed E-state index contributed by atoms with van der Waals surface area (Å²) < 4.78 is 38.0. The van der Waals surface area contributed by atoms with E-state index in [1.807, 2.05) is 30.3 Å². The highest BCUT2D eigenvalue weighted by Crippen LogP contribution is 2.35. The van der Waals surface area contributed by atoms with Crippen LogP contribution in [0.2, 0.25) is 10.0 Å². The molecule has 0 aromatic heterocycles. The number of nitrogens with one attached hydrogen (secondary N) is 1. The monoisotopic (exact) mass is 605 g/mol. The van der Waals surface area contributed by atoms with Crippen molar-refractivity contribution >= 4 is 50.7 Å². The average Bonchev–Trinajstić information content (AvgIpc) is 2.94. The number of hydrogen-bond acceptors (Lipinski definition) is 6. The first kappa shape index (κ1) is 29.5. The van der Waals surface area contributed by atoms with Crippen LogP contribution in [0.25, 0.3) is 0 Å². The van der Waals surface area contributed by atoms with Gasteiger partial charge in [0.2, 0.25) is 21.8 Å². The molecule has 1 aliphatic rings. The lowest BCUT2D eigenvalue weighted by Crippen LogP contribution is -2.53. The van der Waals surface area contributed by atoms with Crippen LogP contribution in [0.5, 0.6) is 11.5 Å². The third-order valence-electron chi connectivity index (χ3n) is 6.40. The van der Waals surface area contributed by atoms with Crippen LogP contribution >= 0.6 is 23.2 Å². The molecule has 3 aromatic rings. The van der Waals surface area contributed by atoms with Gasteiger partial charge in [0, 0.05) is 41.7 Å². The zero-order valence-electron chi connectivity index (χ0n) is 22.0. The van der Waals surface area contributed by atoms with Gasteiger partial charge in [-0.2, -0.15) is 0 Å². The quantitative estimate of drug-likeness (QED) is 0.375. The number of likely N-dealkylation sites (N-methyl/N-ethyl adjacent to an activating group) is 1. The second-order valence-corrected chi connectivity index (χ2v) is 11.9. The highest BCUT2D eigenvalue weighted by Gasteiger charge is 2.33. The fourth-order valence-corrected chi connectivity index (χ4v) is 5.73. The molecule has 0 aliphatic carbocycles. The lowest BCUT2D eigenvalue weighted by molar-refractivity contribution is -0.139. The number of hydrogen-bond donors (Lipinski definition) is 1. The van der Waals surface area contributed by atoms with Gasteiger partial charge in [-0.05, 0) is 29.8 Å². The van der Waals surface area contributed by atoms with Crippen molar-refractivity contribution in [2.75, 3.05) is 37.4 Å². The van der Waals surface area contributed by atoms with Gasteiger partial charge in [0.25, 0.3) is 0 Å². The Labute approximate surface area is 243 Å². The molecule has 12 heteroatoms. The SMILES string of the molecule is CNC(=O)[C@H](Cc1ccccc1)N(Cc1c(Cl)cccc1Cl)C(=O)CN(c1ccc2c(c1)OCCO2)S(C)(=O)=O. The molecular formula is C28H29Cl2N3O6S. The first-order chi connectivity index (χ1) is 19.1. The Morgan fingerprint density at radius 1 is 0.950 bits per heavy atom. The minimum Gasteiger partial charge on any atom is -0.486 e. The minimum atomic E-state index is -3.94.